The number of fused-ring (bicyclic) bond motifs is 1. The highest BCUT2D eigenvalue weighted by Gasteiger charge is 2.44. The number of hydrogen-bond donors (Lipinski definition) is 3. The van der Waals surface area contributed by atoms with Crippen LogP contribution in [0, 0.1) is 5.92 Å². The summed E-state index contributed by atoms with van der Waals surface area (Å²) in [6.45, 7) is 0.661. The highest BCUT2D eigenvalue weighted by atomic mass is 16.4. The van der Waals surface area contributed by atoms with Gasteiger partial charge in [0.2, 0.25) is 5.91 Å². The van der Waals surface area contributed by atoms with Crippen molar-refractivity contribution in [1.29, 1.82) is 0 Å². The summed E-state index contributed by atoms with van der Waals surface area (Å²) in [6, 6.07) is 0.398. The average Bonchev–Trinajstić information content (AvgIpc) is 3.04. The maximum Gasteiger partial charge on any atom is 0.475 e. The van der Waals surface area contributed by atoms with Crippen LogP contribution in [0.4, 0.5) is 0 Å². The van der Waals surface area contributed by atoms with Gasteiger partial charge in [0, 0.05) is 12.6 Å². The van der Waals surface area contributed by atoms with Crippen LogP contribution in [0.5, 0.6) is 0 Å². The van der Waals surface area contributed by atoms with Crippen LogP contribution in [0.25, 0.3) is 0 Å². The molecule has 4 atom stereocenters. The molecule has 2 saturated heterocycles. The Morgan fingerprint density at radius 1 is 1.16 bits per heavy atom. The summed E-state index contributed by atoms with van der Waals surface area (Å²) in [4.78, 5) is 14.2. The van der Waals surface area contributed by atoms with Gasteiger partial charge in [-0.15, -0.1) is 0 Å². The maximum absolute atomic E-state index is 12.5. The number of likely N-dealkylation sites (tertiary alicyclic amines) is 1. The number of amides is 1. The van der Waals surface area contributed by atoms with Crippen molar-refractivity contribution in [2.45, 2.75) is 63.0 Å². The lowest BCUT2D eigenvalue weighted by Crippen LogP contribution is -2.51. The summed E-state index contributed by atoms with van der Waals surface area (Å²) < 4.78 is 0. The van der Waals surface area contributed by atoms with Gasteiger partial charge < -0.3 is 20.3 Å². The molecule has 3 N–H and O–H groups in total. The standard InChI is InChI=1S/C13H23BN2O3/c17-13(16-7-3-6-12(16)14(18)19)11-8-9-4-1-2-5-10(9)15-11/h9-12,15,18-19H,1-8H2. The smallest absolute Gasteiger partial charge is 0.426 e. The van der Waals surface area contributed by atoms with Gasteiger partial charge in [-0.2, -0.15) is 0 Å². The molecule has 1 amide bonds. The first-order valence-electron chi connectivity index (χ1n) is 7.59. The maximum atomic E-state index is 12.5. The normalized spacial score (nSPS) is 38.3. The van der Waals surface area contributed by atoms with Crippen LogP contribution in [-0.2, 0) is 4.79 Å². The van der Waals surface area contributed by atoms with Crippen molar-refractivity contribution in [3.05, 3.63) is 0 Å². The van der Waals surface area contributed by atoms with E-state index in [-0.39, 0.29) is 11.9 Å². The molecule has 0 spiro atoms. The SMILES string of the molecule is O=C(C1CC2CCCCC2N1)N1CCCC1B(O)O. The number of hydrogen-bond acceptors (Lipinski definition) is 4. The molecule has 5 nitrogen and oxygen atoms in total. The fourth-order valence-corrected chi connectivity index (χ4v) is 4.09. The van der Waals surface area contributed by atoms with Crippen molar-refractivity contribution in [2.24, 2.45) is 5.92 Å². The quantitative estimate of drug-likeness (QED) is 0.611. The third-order valence-electron chi connectivity index (χ3n) is 5.09. The van der Waals surface area contributed by atoms with Crippen molar-refractivity contribution in [3.8, 4) is 0 Å². The number of rotatable bonds is 2. The van der Waals surface area contributed by atoms with Crippen LogP contribution in [-0.4, -0.2) is 52.5 Å². The zero-order valence-electron chi connectivity index (χ0n) is 11.3. The van der Waals surface area contributed by atoms with Crippen molar-refractivity contribution in [2.75, 3.05) is 6.54 Å². The highest BCUT2D eigenvalue weighted by molar-refractivity contribution is 6.43. The molecule has 0 radical (unpaired) electrons. The van der Waals surface area contributed by atoms with E-state index in [1.807, 2.05) is 0 Å². The number of nitrogens with one attached hydrogen (secondary N) is 1. The number of nitrogens with zero attached hydrogens (tertiary/aromatic N) is 1. The molecule has 0 aromatic carbocycles. The van der Waals surface area contributed by atoms with Gasteiger partial charge in [0.1, 0.15) is 0 Å². The van der Waals surface area contributed by atoms with E-state index in [1.165, 1.54) is 25.7 Å². The largest absolute Gasteiger partial charge is 0.475 e. The minimum Gasteiger partial charge on any atom is -0.426 e. The first-order chi connectivity index (χ1) is 9.16. The van der Waals surface area contributed by atoms with Gasteiger partial charge in [-0.05, 0) is 38.0 Å². The van der Waals surface area contributed by atoms with E-state index >= 15 is 0 Å². The topological polar surface area (TPSA) is 72.8 Å². The molecule has 0 aromatic heterocycles. The average molecular weight is 266 g/mol. The van der Waals surface area contributed by atoms with Crippen LogP contribution in [0.3, 0.4) is 0 Å². The molecular formula is C13H23BN2O3. The molecule has 3 aliphatic rings. The van der Waals surface area contributed by atoms with Crippen molar-refractivity contribution >= 4 is 13.0 Å². The molecule has 4 unspecified atom stereocenters. The third kappa shape index (κ3) is 2.53. The van der Waals surface area contributed by atoms with E-state index in [0.29, 0.717) is 24.9 Å². The van der Waals surface area contributed by atoms with Crippen molar-refractivity contribution in [3.63, 3.8) is 0 Å². The second kappa shape index (κ2) is 5.42. The fraction of sp³-hybridized carbons (Fsp3) is 0.923. The van der Waals surface area contributed by atoms with E-state index in [4.69, 9.17) is 0 Å². The lowest BCUT2D eigenvalue weighted by molar-refractivity contribution is -0.133. The molecule has 2 heterocycles. The molecule has 3 rings (SSSR count). The summed E-state index contributed by atoms with van der Waals surface area (Å²) in [5.41, 5.74) is 0. The Bertz CT molecular complexity index is 339. The molecule has 19 heavy (non-hydrogen) atoms. The van der Waals surface area contributed by atoms with E-state index in [2.05, 4.69) is 5.32 Å². The molecule has 1 saturated carbocycles. The first-order valence-corrected chi connectivity index (χ1v) is 7.59. The highest BCUT2D eigenvalue weighted by Crippen LogP contribution is 2.34. The molecule has 3 fully saturated rings. The van der Waals surface area contributed by atoms with E-state index < -0.39 is 13.1 Å². The zero-order valence-corrected chi connectivity index (χ0v) is 11.3. The second-order valence-corrected chi connectivity index (χ2v) is 6.26. The van der Waals surface area contributed by atoms with E-state index in [1.54, 1.807) is 4.90 Å². The summed E-state index contributed by atoms with van der Waals surface area (Å²) >= 11 is 0. The van der Waals surface area contributed by atoms with Crippen molar-refractivity contribution < 1.29 is 14.8 Å². The molecule has 106 valence electrons. The fourth-order valence-electron chi connectivity index (χ4n) is 4.09. The van der Waals surface area contributed by atoms with Crippen LogP contribution >= 0.6 is 0 Å². The van der Waals surface area contributed by atoms with E-state index in [9.17, 15) is 14.8 Å². The van der Waals surface area contributed by atoms with Gasteiger partial charge in [-0.1, -0.05) is 12.8 Å². The predicted octanol–water partition coefficient (Wildman–Crippen LogP) is -0.0899. The third-order valence-corrected chi connectivity index (χ3v) is 5.09. The van der Waals surface area contributed by atoms with Crippen LogP contribution in [0.1, 0.15) is 44.9 Å². The molecular weight excluding hydrogens is 243 g/mol. The Balaban J connectivity index is 1.64. The Morgan fingerprint density at radius 3 is 2.68 bits per heavy atom. The van der Waals surface area contributed by atoms with Crippen LogP contribution in [0.15, 0.2) is 0 Å². The lowest BCUT2D eigenvalue weighted by Gasteiger charge is -2.27. The summed E-state index contributed by atoms with van der Waals surface area (Å²) in [5.74, 6) is 0.310. The van der Waals surface area contributed by atoms with Gasteiger partial charge in [-0.3, -0.25) is 4.79 Å². The minimum absolute atomic E-state index is 0.0741. The molecule has 0 bridgehead atoms. The second-order valence-electron chi connectivity index (χ2n) is 6.26. The first kappa shape index (κ1) is 13.4. The number of carbonyl (C=O) groups excluding carboxylic acids is 1. The summed E-state index contributed by atoms with van der Waals surface area (Å²) in [5, 5.41) is 22.2. The minimum atomic E-state index is -1.41. The lowest BCUT2D eigenvalue weighted by atomic mass is 9.77. The van der Waals surface area contributed by atoms with Crippen LogP contribution < -0.4 is 5.32 Å². The molecule has 6 heteroatoms. The van der Waals surface area contributed by atoms with Gasteiger partial charge in [0.15, 0.2) is 0 Å². The molecule has 0 aromatic rings. The summed E-state index contributed by atoms with van der Waals surface area (Å²) in [6.07, 6.45) is 7.45. The Morgan fingerprint density at radius 2 is 1.95 bits per heavy atom. The van der Waals surface area contributed by atoms with E-state index in [0.717, 1.165) is 12.8 Å². The summed E-state index contributed by atoms with van der Waals surface area (Å²) in [7, 11) is -1.41. The molecule has 2 aliphatic heterocycles. The number of carbonyl (C=O) groups is 1. The molecule has 1 aliphatic carbocycles. The van der Waals surface area contributed by atoms with Crippen molar-refractivity contribution in [1.82, 2.24) is 10.2 Å². The van der Waals surface area contributed by atoms with Gasteiger partial charge in [0.25, 0.3) is 0 Å². The Hall–Kier alpha value is -0.585. The zero-order chi connectivity index (χ0) is 13.4. The monoisotopic (exact) mass is 266 g/mol. The van der Waals surface area contributed by atoms with Gasteiger partial charge in [0.05, 0.1) is 12.0 Å². The predicted molar refractivity (Wildman–Crippen MR) is 72.2 cm³/mol. The Labute approximate surface area is 114 Å². The van der Waals surface area contributed by atoms with Gasteiger partial charge >= 0.3 is 7.12 Å². The Kier molecular flexibility index (Phi) is 3.82. The van der Waals surface area contributed by atoms with Crippen LogP contribution in [0.2, 0.25) is 0 Å². The van der Waals surface area contributed by atoms with Gasteiger partial charge in [-0.25, -0.2) is 0 Å².